The molecule has 0 unspecified atom stereocenters. The van der Waals surface area contributed by atoms with E-state index in [0.717, 1.165) is 46.2 Å². The first-order valence-electron chi connectivity index (χ1n) is 9.30. The Kier molecular flexibility index (Phi) is 6.22. The number of hydrogen-bond donors (Lipinski definition) is 0. The molecule has 0 N–H and O–H groups in total. The summed E-state index contributed by atoms with van der Waals surface area (Å²) in [7, 11) is 0. The summed E-state index contributed by atoms with van der Waals surface area (Å²) in [4.78, 5) is 12.7. The van der Waals surface area contributed by atoms with Crippen LogP contribution in [-0.4, -0.2) is 13.2 Å². The molecule has 4 rings (SSSR count). The van der Waals surface area contributed by atoms with Gasteiger partial charge in [0.05, 0.1) is 0 Å². The van der Waals surface area contributed by atoms with Gasteiger partial charge in [-0.15, -0.1) is 11.3 Å². The van der Waals surface area contributed by atoms with E-state index in [1.165, 1.54) is 30.4 Å². The monoisotopic (exact) mass is 354 g/mol. The maximum Gasteiger partial charge on any atom is 0.196 e. The van der Waals surface area contributed by atoms with Crippen molar-refractivity contribution in [3.8, 4) is 0 Å². The predicted molar refractivity (Wildman–Crippen MR) is 109 cm³/mol. The van der Waals surface area contributed by atoms with Gasteiger partial charge in [-0.3, -0.25) is 4.79 Å². The van der Waals surface area contributed by atoms with Gasteiger partial charge in [-0.05, 0) is 61.4 Å². The molecule has 1 aromatic heterocycles. The first kappa shape index (κ1) is 18.1. The Bertz CT molecular complexity index is 895. The van der Waals surface area contributed by atoms with Crippen LogP contribution in [0.15, 0.2) is 41.2 Å². The lowest BCUT2D eigenvalue weighted by Gasteiger charge is -2.10. The molecule has 2 aromatic carbocycles. The van der Waals surface area contributed by atoms with Gasteiger partial charge in [0, 0.05) is 33.4 Å². The van der Waals surface area contributed by atoms with Crippen LogP contribution in [-0.2, 0) is 17.6 Å². The summed E-state index contributed by atoms with van der Waals surface area (Å²) in [5, 5.41) is 1.79. The average Bonchev–Trinajstić information content (AvgIpc) is 2.69. The average molecular weight is 355 g/mol. The summed E-state index contributed by atoms with van der Waals surface area (Å²) in [6, 6.07) is 12.2. The Morgan fingerprint density at radius 1 is 0.920 bits per heavy atom. The topological polar surface area (TPSA) is 26.3 Å². The van der Waals surface area contributed by atoms with Gasteiger partial charge in [-0.1, -0.05) is 32.0 Å². The van der Waals surface area contributed by atoms with Gasteiger partial charge in [0.1, 0.15) is 0 Å². The molecule has 0 bridgehead atoms. The molecule has 132 valence electrons. The number of rotatable bonds is 2. The largest absolute Gasteiger partial charge is 0.381 e. The zero-order chi connectivity index (χ0) is 17.6. The number of benzene rings is 2. The lowest BCUT2D eigenvalue weighted by atomic mass is 9.98. The van der Waals surface area contributed by atoms with Crippen molar-refractivity contribution in [2.75, 3.05) is 13.2 Å². The maximum atomic E-state index is 12.7. The van der Waals surface area contributed by atoms with E-state index in [1.54, 1.807) is 11.3 Å². The van der Waals surface area contributed by atoms with Crippen molar-refractivity contribution in [3.63, 3.8) is 0 Å². The quantitative estimate of drug-likeness (QED) is 0.550. The third-order valence-electron chi connectivity index (χ3n) is 4.76. The summed E-state index contributed by atoms with van der Waals surface area (Å²) >= 11 is 1.71. The molecule has 0 radical (unpaired) electrons. The molecule has 3 heteroatoms. The fourth-order valence-corrected chi connectivity index (χ4v) is 4.53. The normalized spacial score (nSPS) is 14.3. The van der Waals surface area contributed by atoms with Crippen LogP contribution in [0.5, 0.6) is 0 Å². The van der Waals surface area contributed by atoms with Gasteiger partial charge < -0.3 is 4.74 Å². The van der Waals surface area contributed by atoms with Crippen LogP contribution in [0.4, 0.5) is 0 Å². The zero-order valence-corrected chi connectivity index (χ0v) is 16.0. The first-order chi connectivity index (χ1) is 12.3. The molecular weight excluding hydrogens is 328 g/mol. The van der Waals surface area contributed by atoms with Crippen LogP contribution in [0.2, 0.25) is 0 Å². The van der Waals surface area contributed by atoms with Gasteiger partial charge in [0.2, 0.25) is 0 Å². The highest BCUT2D eigenvalue weighted by atomic mass is 32.1. The van der Waals surface area contributed by atoms with Crippen molar-refractivity contribution in [2.45, 2.75) is 46.0 Å². The SMILES string of the molecule is C1CCOCC1.CCc1ccc2sc3ccccc3c(=O)c2c1CC. The van der Waals surface area contributed by atoms with Crippen molar-refractivity contribution in [2.24, 2.45) is 0 Å². The summed E-state index contributed by atoms with van der Waals surface area (Å²) in [5.41, 5.74) is 2.72. The fraction of sp³-hybridized carbons (Fsp3) is 0.409. The summed E-state index contributed by atoms with van der Waals surface area (Å²) < 4.78 is 7.25. The standard InChI is InChI=1S/C17H16OS.C5H10O/c1-3-11-9-10-15-16(12(11)4-2)17(18)13-7-5-6-8-14(13)19-15;1-2-4-6-5-3-1/h5-10H,3-4H2,1-2H3;1-5H2. The van der Waals surface area contributed by atoms with E-state index in [2.05, 4.69) is 26.0 Å². The Balaban J connectivity index is 0.000000258. The van der Waals surface area contributed by atoms with Crippen LogP contribution >= 0.6 is 11.3 Å². The number of fused-ring (bicyclic) bond motifs is 2. The lowest BCUT2D eigenvalue weighted by molar-refractivity contribution is 0.0968. The summed E-state index contributed by atoms with van der Waals surface area (Å²) in [6.07, 6.45) is 5.83. The van der Waals surface area contributed by atoms with Crippen LogP contribution in [0.3, 0.4) is 0 Å². The minimum absolute atomic E-state index is 0.191. The second kappa shape index (κ2) is 8.59. The van der Waals surface area contributed by atoms with Gasteiger partial charge in [-0.25, -0.2) is 0 Å². The second-order valence-electron chi connectivity index (χ2n) is 6.38. The molecule has 25 heavy (non-hydrogen) atoms. The minimum Gasteiger partial charge on any atom is -0.381 e. The number of aryl methyl sites for hydroxylation is 2. The number of hydrogen-bond acceptors (Lipinski definition) is 3. The maximum absolute atomic E-state index is 12.7. The molecule has 0 saturated carbocycles. The fourth-order valence-electron chi connectivity index (χ4n) is 3.42. The van der Waals surface area contributed by atoms with Gasteiger partial charge in [-0.2, -0.15) is 0 Å². The van der Waals surface area contributed by atoms with E-state index in [9.17, 15) is 4.79 Å². The molecule has 1 saturated heterocycles. The van der Waals surface area contributed by atoms with Gasteiger partial charge >= 0.3 is 0 Å². The molecule has 0 spiro atoms. The Hall–Kier alpha value is -1.71. The van der Waals surface area contributed by atoms with Crippen LogP contribution < -0.4 is 5.43 Å². The van der Waals surface area contributed by atoms with Gasteiger partial charge in [0.15, 0.2) is 5.43 Å². The third kappa shape index (κ3) is 3.94. The molecule has 2 heterocycles. The second-order valence-corrected chi connectivity index (χ2v) is 7.47. The van der Waals surface area contributed by atoms with Crippen molar-refractivity contribution < 1.29 is 4.74 Å². The molecule has 2 nitrogen and oxygen atoms in total. The van der Waals surface area contributed by atoms with Crippen LogP contribution in [0, 0.1) is 0 Å². The van der Waals surface area contributed by atoms with E-state index in [-0.39, 0.29) is 5.43 Å². The molecule has 0 aliphatic carbocycles. The highest BCUT2D eigenvalue weighted by Crippen LogP contribution is 2.28. The molecule has 1 aliphatic heterocycles. The summed E-state index contributed by atoms with van der Waals surface area (Å²) in [5.74, 6) is 0. The minimum atomic E-state index is 0.191. The molecule has 0 amide bonds. The van der Waals surface area contributed by atoms with E-state index < -0.39 is 0 Å². The van der Waals surface area contributed by atoms with Crippen molar-refractivity contribution in [1.29, 1.82) is 0 Å². The van der Waals surface area contributed by atoms with E-state index in [4.69, 9.17) is 4.74 Å². The highest BCUT2D eigenvalue weighted by molar-refractivity contribution is 7.24. The Labute approximate surface area is 153 Å². The van der Waals surface area contributed by atoms with Crippen LogP contribution in [0.1, 0.15) is 44.2 Å². The van der Waals surface area contributed by atoms with Crippen molar-refractivity contribution >= 4 is 31.5 Å². The van der Waals surface area contributed by atoms with E-state index >= 15 is 0 Å². The Morgan fingerprint density at radius 3 is 2.28 bits per heavy atom. The zero-order valence-electron chi connectivity index (χ0n) is 15.1. The third-order valence-corrected chi connectivity index (χ3v) is 5.90. The molecule has 1 fully saturated rings. The molecule has 3 aromatic rings. The van der Waals surface area contributed by atoms with Crippen molar-refractivity contribution in [1.82, 2.24) is 0 Å². The highest BCUT2D eigenvalue weighted by Gasteiger charge is 2.11. The molecule has 1 aliphatic rings. The number of ether oxygens (including phenoxy) is 1. The van der Waals surface area contributed by atoms with Crippen molar-refractivity contribution in [3.05, 3.63) is 57.7 Å². The summed E-state index contributed by atoms with van der Waals surface area (Å²) in [6.45, 7) is 6.28. The van der Waals surface area contributed by atoms with E-state index in [1.807, 2.05) is 24.3 Å². The van der Waals surface area contributed by atoms with E-state index in [0.29, 0.717) is 0 Å². The lowest BCUT2D eigenvalue weighted by Crippen LogP contribution is -2.06. The predicted octanol–water partition coefficient (Wildman–Crippen LogP) is 5.73. The molecule has 0 atom stereocenters. The smallest absolute Gasteiger partial charge is 0.196 e. The molecular formula is C22H26O2S. The van der Waals surface area contributed by atoms with Gasteiger partial charge in [0.25, 0.3) is 0 Å². The Morgan fingerprint density at radius 2 is 1.68 bits per heavy atom. The van der Waals surface area contributed by atoms with Crippen LogP contribution in [0.25, 0.3) is 20.2 Å². The first-order valence-corrected chi connectivity index (χ1v) is 10.1.